The van der Waals surface area contributed by atoms with Crippen LogP contribution in [0.3, 0.4) is 0 Å². The van der Waals surface area contributed by atoms with Crippen LogP contribution in [0.4, 0.5) is 11.4 Å². The van der Waals surface area contributed by atoms with Crippen LogP contribution in [-0.2, 0) is 21.4 Å². The predicted octanol–water partition coefficient (Wildman–Crippen LogP) is 5.19. The molecule has 3 aromatic rings. The number of sulfonamides is 1. The number of rotatable bonds is 6. The van der Waals surface area contributed by atoms with Crippen molar-refractivity contribution in [3.63, 3.8) is 0 Å². The molecule has 3 aromatic carbocycles. The molecule has 1 aliphatic rings. The lowest BCUT2D eigenvalue weighted by molar-refractivity contribution is -0.112. The molecule has 0 atom stereocenters. The number of hydrogen-bond acceptors (Lipinski definition) is 5. The maximum atomic E-state index is 13.9. The zero-order valence-corrected chi connectivity index (χ0v) is 21.2. The van der Waals surface area contributed by atoms with Gasteiger partial charge in [-0.25, -0.2) is 8.42 Å². The minimum Gasteiger partial charge on any atom is -0.493 e. The third kappa shape index (κ3) is 4.41. The first-order valence-electron chi connectivity index (χ1n) is 10.4. The van der Waals surface area contributed by atoms with Crippen molar-refractivity contribution in [3.8, 4) is 11.5 Å². The topological polar surface area (TPSA) is 84.9 Å². The summed E-state index contributed by atoms with van der Waals surface area (Å²) in [7, 11) is -1.21. The van der Waals surface area contributed by atoms with E-state index in [0.717, 1.165) is 10.0 Å². The van der Waals surface area contributed by atoms with Crippen LogP contribution >= 0.6 is 15.9 Å². The Labute approximate surface area is 207 Å². The van der Waals surface area contributed by atoms with Gasteiger partial charge < -0.3 is 14.8 Å². The zero-order chi connectivity index (χ0) is 24.5. The number of benzene rings is 3. The fourth-order valence-corrected chi connectivity index (χ4v) is 5.85. The van der Waals surface area contributed by atoms with E-state index >= 15 is 0 Å². The number of ether oxygens (including phenoxy) is 2. The average Bonchev–Trinajstić information content (AvgIpc) is 2.83. The molecule has 0 aliphatic carbocycles. The van der Waals surface area contributed by atoms with Gasteiger partial charge in [0, 0.05) is 21.8 Å². The molecule has 1 N–H and O–H groups in total. The number of hydrogen-bond donors (Lipinski definition) is 1. The summed E-state index contributed by atoms with van der Waals surface area (Å²) in [6.07, 6.45) is 0. The Morgan fingerprint density at radius 1 is 0.971 bits per heavy atom. The predicted molar refractivity (Wildman–Crippen MR) is 136 cm³/mol. The molecule has 0 fully saturated rings. The van der Waals surface area contributed by atoms with Crippen LogP contribution in [0.15, 0.2) is 76.1 Å². The molecule has 34 heavy (non-hydrogen) atoms. The number of carbonyl (C=O) groups is 1. The van der Waals surface area contributed by atoms with Crippen molar-refractivity contribution >= 4 is 48.8 Å². The van der Waals surface area contributed by atoms with E-state index in [1.54, 1.807) is 43.3 Å². The standard InChI is InChI=1S/C25H23BrN2O5S/c1-16-20-13-22(32-2)23(33-3)14-21(20)28(15-17-7-5-4-6-8-17)34(30,31)24(16)25(29)27-19-11-9-18(26)10-12-19/h4-14H,15H2,1-3H3,(H,27,29). The number of carbonyl (C=O) groups excluding carboxylic acids is 1. The third-order valence-corrected chi connectivity index (χ3v) is 7.98. The Balaban J connectivity index is 1.88. The summed E-state index contributed by atoms with van der Waals surface area (Å²) in [5.41, 5.74) is 2.58. The van der Waals surface area contributed by atoms with Crippen molar-refractivity contribution in [2.24, 2.45) is 0 Å². The monoisotopic (exact) mass is 542 g/mol. The van der Waals surface area contributed by atoms with Gasteiger partial charge >= 0.3 is 0 Å². The minimum atomic E-state index is -4.20. The van der Waals surface area contributed by atoms with E-state index in [1.165, 1.54) is 18.5 Å². The summed E-state index contributed by atoms with van der Waals surface area (Å²) in [5, 5.41) is 2.71. The van der Waals surface area contributed by atoms with Crippen LogP contribution in [0.25, 0.3) is 5.57 Å². The summed E-state index contributed by atoms with van der Waals surface area (Å²) in [6.45, 7) is 1.67. The summed E-state index contributed by atoms with van der Waals surface area (Å²) >= 11 is 3.35. The summed E-state index contributed by atoms with van der Waals surface area (Å²) in [6, 6.07) is 19.4. The second-order valence-electron chi connectivity index (χ2n) is 7.64. The van der Waals surface area contributed by atoms with Crippen LogP contribution in [0.2, 0.25) is 0 Å². The van der Waals surface area contributed by atoms with E-state index in [0.29, 0.717) is 34.0 Å². The molecule has 9 heteroatoms. The molecule has 0 unspecified atom stereocenters. The van der Waals surface area contributed by atoms with Crippen molar-refractivity contribution < 1.29 is 22.7 Å². The second-order valence-corrected chi connectivity index (χ2v) is 10.4. The number of nitrogens with zero attached hydrogens (tertiary/aromatic N) is 1. The van der Waals surface area contributed by atoms with E-state index in [2.05, 4.69) is 21.2 Å². The van der Waals surface area contributed by atoms with Gasteiger partial charge in [-0.05, 0) is 48.4 Å². The molecule has 4 rings (SSSR count). The summed E-state index contributed by atoms with van der Waals surface area (Å²) in [4.78, 5) is 13.0. The highest BCUT2D eigenvalue weighted by Gasteiger charge is 2.40. The van der Waals surface area contributed by atoms with Crippen molar-refractivity contribution in [1.29, 1.82) is 0 Å². The maximum absolute atomic E-state index is 13.9. The fraction of sp³-hybridized carbons (Fsp3) is 0.160. The van der Waals surface area contributed by atoms with Crippen LogP contribution in [0, 0.1) is 0 Å². The number of methoxy groups -OCH3 is 2. The van der Waals surface area contributed by atoms with Gasteiger partial charge in [-0.2, -0.15) is 0 Å². The Morgan fingerprint density at radius 3 is 2.21 bits per heavy atom. The van der Waals surface area contributed by atoms with Gasteiger partial charge in [0.15, 0.2) is 16.4 Å². The molecule has 0 bridgehead atoms. The Bertz CT molecular complexity index is 1370. The van der Waals surface area contributed by atoms with Crippen molar-refractivity contribution in [2.75, 3.05) is 23.8 Å². The van der Waals surface area contributed by atoms with E-state index in [-0.39, 0.29) is 11.4 Å². The van der Waals surface area contributed by atoms with E-state index in [1.807, 2.05) is 30.3 Å². The normalized spacial score (nSPS) is 14.4. The van der Waals surface area contributed by atoms with Gasteiger partial charge in [-0.1, -0.05) is 46.3 Å². The lowest BCUT2D eigenvalue weighted by Gasteiger charge is -2.33. The number of allylic oxidation sites excluding steroid dienone is 1. The molecule has 0 saturated carbocycles. The van der Waals surface area contributed by atoms with Gasteiger partial charge in [0.05, 0.1) is 26.5 Å². The number of fused-ring (bicyclic) bond motifs is 1. The molecule has 1 heterocycles. The SMILES string of the molecule is COc1cc2c(cc1OC)N(Cc1ccccc1)S(=O)(=O)C(C(=O)Nc1ccc(Br)cc1)=C2C. The first-order chi connectivity index (χ1) is 16.3. The van der Waals surface area contributed by atoms with Crippen molar-refractivity contribution in [2.45, 2.75) is 13.5 Å². The van der Waals surface area contributed by atoms with E-state index in [4.69, 9.17) is 9.47 Å². The number of amides is 1. The molecule has 1 amide bonds. The summed E-state index contributed by atoms with van der Waals surface area (Å²) in [5.74, 6) is 0.121. The van der Waals surface area contributed by atoms with Gasteiger partial charge in [0.2, 0.25) is 0 Å². The van der Waals surface area contributed by atoms with E-state index in [9.17, 15) is 13.2 Å². The molecule has 0 saturated heterocycles. The number of nitrogens with one attached hydrogen (secondary N) is 1. The Morgan fingerprint density at radius 2 is 1.59 bits per heavy atom. The highest BCUT2D eigenvalue weighted by atomic mass is 79.9. The number of anilines is 2. The van der Waals surface area contributed by atoms with Crippen LogP contribution in [0.1, 0.15) is 18.1 Å². The number of halogens is 1. The van der Waals surface area contributed by atoms with Gasteiger partial charge in [-0.3, -0.25) is 9.10 Å². The van der Waals surface area contributed by atoms with Crippen LogP contribution in [-0.4, -0.2) is 28.5 Å². The third-order valence-electron chi connectivity index (χ3n) is 5.54. The second kappa shape index (κ2) is 9.52. The smallest absolute Gasteiger partial charge is 0.270 e. The Hall–Kier alpha value is -3.30. The first kappa shape index (κ1) is 23.8. The average molecular weight is 543 g/mol. The lowest BCUT2D eigenvalue weighted by atomic mass is 10.0. The van der Waals surface area contributed by atoms with Crippen LogP contribution < -0.4 is 19.1 Å². The molecule has 7 nitrogen and oxygen atoms in total. The quantitative estimate of drug-likeness (QED) is 0.463. The largest absolute Gasteiger partial charge is 0.493 e. The lowest BCUT2D eigenvalue weighted by Crippen LogP contribution is -2.39. The van der Waals surface area contributed by atoms with Crippen molar-refractivity contribution in [1.82, 2.24) is 0 Å². The van der Waals surface area contributed by atoms with E-state index < -0.39 is 15.9 Å². The highest BCUT2D eigenvalue weighted by molar-refractivity contribution is 9.10. The maximum Gasteiger partial charge on any atom is 0.270 e. The molecule has 0 radical (unpaired) electrons. The van der Waals surface area contributed by atoms with Crippen molar-refractivity contribution in [3.05, 3.63) is 87.2 Å². The summed E-state index contributed by atoms with van der Waals surface area (Å²) < 4.78 is 40.7. The minimum absolute atomic E-state index is 0.0496. The molecule has 0 spiro atoms. The first-order valence-corrected chi connectivity index (χ1v) is 12.6. The van der Waals surface area contributed by atoms with Crippen LogP contribution in [0.5, 0.6) is 11.5 Å². The van der Waals surface area contributed by atoms with Gasteiger partial charge in [0.25, 0.3) is 15.9 Å². The Kier molecular flexibility index (Phi) is 6.67. The highest BCUT2D eigenvalue weighted by Crippen LogP contribution is 2.45. The molecular formula is C25H23BrN2O5S. The molecular weight excluding hydrogens is 520 g/mol. The van der Waals surface area contributed by atoms with Gasteiger partial charge in [0.1, 0.15) is 0 Å². The zero-order valence-electron chi connectivity index (χ0n) is 18.8. The molecule has 176 valence electrons. The fourth-order valence-electron chi connectivity index (χ4n) is 3.86. The molecule has 1 aliphatic heterocycles. The molecule has 0 aromatic heterocycles. The van der Waals surface area contributed by atoms with Gasteiger partial charge in [-0.15, -0.1) is 0 Å².